The summed E-state index contributed by atoms with van der Waals surface area (Å²) >= 11 is 0. The fraction of sp³-hybridized carbons (Fsp3) is 0.0638. The van der Waals surface area contributed by atoms with Crippen LogP contribution in [0.2, 0.25) is 0 Å². The van der Waals surface area contributed by atoms with Gasteiger partial charge in [-0.3, -0.25) is 0 Å². The van der Waals surface area contributed by atoms with E-state index >= 15 is 0 Å². The first kappa shape index (κ1) is 29.1. The number of benzene rings is 7. The van der Waals surface area contributed by atoms with Crippen LogP contribution in [0.1, 0.15) is 18.2 Å². The molecule has 0 N–H and O–H groups in total. The van der Waals surface area contributed by atoms with Crippen molar-refractivity contribution in [3.05, 3.63) is 181 Å². The Hall–Kier alpha value is -6.12. The third-order valence-corrected chi connectivity index (χ3v) is 9.80. The Balaban J connectivity index is 1.09. The van der Waals surface area contributed by atoms with Crippen LogP contribution in [0.25, 0.3) is 61.2 Å². The monoisotopic (exact) mass is 629 g/mol. The molecular weight excluding hydrogens is 595 g/mol. The molecule has 0 spiro atoms. The van der Waals surface area contributed by atoms with Gasteiger partial charge in [0.15, 0.2) is 0 Å². The molecule has 0 saturated carbocycles. The van der Waals surface area contributed by atoms with Gasteiger partial charge in [-0.15, -0.1) is 0 Å². The molecule has 1 aliphatic rings. The molecule has 1 aromatic heterocycles. The van der Waals surface area contributed by atoms with Crippen LogP contribution in [-0.2, 0) is 6.42 Å². The second kappa shape index (κ2) is 12.2. The molecule has 49 heavy (non-hydrogen) atoms. The van der Waals surface area contributed by atoms with Crippen molar-refractivity contribution >= 4 is 44.9 Å². The number of allylic oxidation sites excluding steroid dienone is 1. The number of hydrogen-bond acceptors (Lipinski definition) is 2. The van der Waals surface area contributed by atoms with Crippen molar-refractivity contribution in [2.75, 3.05) is 4.90 Å². The zero-order valence-corrected chi connectivity index (χ0v) is 27.4. The molecule has 8 aromatic rings. The summed E-state index contributed by atoms with van der Waals surface area (Å²) in [5.41, 5.74) is 12.9. The van der Waals surface area contributed by atoms with Gasteiger partial charge in [-0.25, -0.2) is 0 Å². The maximum absolute atomic E-state index is 6.29. The van der Waals surface area contributed by atoms with Gasteiger partial charge in [0.25, 0.3) is 0 Å². The Labute approximate surface area is 287 Å². The van der Waals surface area contributed by atoms with E-state index in [4.69, 9.17) is 4.42 Å². The van der Waals surface area contributed by atoms with Crippen LogP contribution in [0.3, 0.4) is 0 Å². The number of furan rings is 1. The first-order valence-electron chi connectivity index (χ1n) is 17.1. The largest absolute Gasteiger partial charge is 0.456 e. The van der Waals surface area contributed by atoms with Gasteiger partial charge in [-0.05, 0) is 111 Å². The third-order valence-electron chi connectivity index (χ3n) is 9.80. The SMILES string of the molecule is CC1C=Cc2oc3cccc(-c4cccc(-c5ccc(N(c6ccc(-c7ccccc7)cc6)c6ccc7ccccc7c6)cc5)c4)c3c2C1. The Bertz CT molecular complexity index is 2470. The average Bonchev–Trinajstić information content (AvgIpc) is 3.54. The Morgan fingerprint density at radius 1 is 0.510 bits per heavy atom. The topological polar surface area (TPSA) is 16.4 Å². The smallest absolute Gasteiger partial charge is 0.135 e. The van der Waals surface area contributed by atoms with Crippen molar-refractivity contribution in [2.24, 2.45) is 5.92 Å². The molecule has 9 rings (SSSR count). The second-order valence-corrected chi connectivity index (χ2v) is 13.1. The minimum absolute atomic E-state index is 0.502. The van der Waals surface area contributed by atoms with Gasteiger partial charge in [0.05, 0.1) is 0 Å². The van der Waals surface area contributed by atoms with Crippen LogP contribution >= 0.6 is 0 Å². The van der Waals surface area contributed by atoms with Gasteiger partial charge in [0.1, 0.15) is 11.3 Å². The molecule has 0 aliphatic heterocycles. The first-order chi connectivity index (χ1) is 24.2. The number of fused-ring (bicyclic) bond motifs is 4. The van der Waals surface area contributed by atoms with Crippen LogP contribution in [0.5, 0.6) is 0 Å². The molecule has 1 heterocycles. The van der Waals surface area contributed by atoms with Crippen molar-refractivity contribution in [1.29, 1.82) is 0 Å². The van der Waals surface area contributed by atoms with Gasteiger partial charge in [-0.1, -0.05) is 128 Å². The highest BCUT2D eigenvalue weighted by Crippen LogP contribution is 2.41. The summed E-state index contributed by atoms with van der Waals surface area (Å²) in [5.74, 6) is 1.50. The molecule has 2 heteroatoms. The van der Waals surface area contributed by atoms with Crippen LogP contribution in [0.15, 0.2) is 174 Å². The summed E-state index contributed by atoms with van der Waals surface area (Å²) in [7, 11) is 0. The summed E-state index contributed by atoms with van der Waals surface area (Å²) in [4.78, 5) is 2.35. The number of anilines is 3. The van der Waals surface area contributed by atoms with E-state index in [1.54, 1.807) is 0 Å². The van der Waals surface area contributed by atoms with E-state index in [-0.39, 0.29) is 0 Å². The molecule has 0 fully saturated rings. The van der Waals surface area contributed by atoms with E-state index < -0.39 is 0 Å². The predicted molar refractivity (Wildman–Crippen MR) is 207 cm³/mol. The molecule has 2 nitrogen and oxygen atoms in total. The minimum atomic E-state index is 0.502. The van der Waals surface area contributed by atoms with Crippen molar-refractivity contribution in [2.45, 2.75) is 13.3 Å². The van der Waals surface area contributed by atoms with Crippen molar-refractivity contribution in [3.63, 3.8) is 0 Å². The Kier molecular flexibility index (Phi) is 7.21. The highest BCUT2D eigenvalue weighted by atomic mass is 16.3. The molecule has 1 aliphatic carbocycles. The average molecular weight is 630 g/mol. The lowest BCUT2D eigenvalue weighted by molar-refractivity contribution is 0.584. The van der Waals surface area contributed by atoms with E-state index in [1.807, 2.05) is 0 Å². The van der Waals surface area contributed by atoms with Gasteiger partial charge >= 0.3 is 0 Å². The molecule has 7 aromatic carbocycles. The molecule has 1 atom stereocenters. The normalized spacial score (nSPS) is 13.9. The zero-order valence-electron chi connectivity index (χ0n) is 27.4. The molecule has 1 unspecified atom stereocenters. The van der Waals surface area contributed by atoms with Gasteiger partial charge in [0, 0.05) is 28.0 Å². The minimum Gasteiger partial charge on any atom is -0.456 e. The lowest BCUT2D eigenvalue weighted by Crippen LogP contribution is -2.09. The summed E-state index contributed by atoms with van der Waals surface area (Å²) in [6.45, 7) is 2.27. The lowest BCUT2D eigenvalue weighted by atomic mass is 9.89. The predicted octanol–water partition coefficient (Wildman–Crippen LogP) is 13.3. The van der Waals surface area contributed by atoms with Gasteiger partial charge in [-0.2, -0.15) is 0 Å². The fourth-order valence-electron chi connectivity index (χ4n) is 7.32. The Morgan fingerprint density at radius 2 is 1.12 bits per heavy atom. The summed E-state index contributed by atoms with van der Waals surface area (Å²) in [5, 5.41) is 3.70. The Morgan fingerprint density at radius 3 is 1.90 bits per heavy atom. The molecule has 0 saturated heterocycles. The molecule has 0 radical (unpaired) electrons. The molecule has 0 amide bonds. The molecule has 0 bridgehead atoms. The highest BCUT2D eigenvalue weighted by Gasteiger charge is 2.21. The fourth-order valence-corrected chi connectivity index (χ4v) is 7.32. The molecule has 234 valence electrons. The third kappa shape index (κ3) is 5.42. The number of nitrogens with zero attached hydrogens (tertiary/aromatic N) is 1. The maximum Gasteiger partial charge on any atom is 0.135 e. The van der Waals surface area contributed by atoms with E-state index in [1.165, 1.54) is 55.1 Å². The summed E-state index contributed by atoms with van der Waals surface area (Å²) in [6.07, 6.45) is 5.39. The van der Waals surface area contributed by atoms with Crippen LogP contribution in [0.4, 0.5) is 17.1 Å². The first-order valence-corrected chi connectivity index (χ1v) is 17.1. The number of hydrogen-bond donors (Lipinski definition) is 0. The quantitative estimate of drug-likeness (QED) is 0.182. The lowest BCUT2D eigenvalue weighted by Gasteiger charge is -2.26. The summed E-state index contributed by atoms with van der Waals surface area (Å²) < 4.78 is 6.29. The van der Waals surface area contributed by atoms with Crippen LogP contribution in [-0.4, -0.2) is 0 Å². The van der Waals surface area contributed by atoms with Crippen LogP contribution < -0.4 is 4.90 Å². The maximum atomic E-state index is 6.29. The van der Waals surface area contributed by atoms with Crippen molar-refractivity contribution in [1.82, 2.24) is 0 Å². The van der Waals surface area contributed by atoms with Gasteiger partial charge in [0.2, 0.25) is 0 Å². The van der Waals surface area contributed by atoms with Gasteiger partial charge < -0.3 is 9.32 Å². The number of rotatable bonds is 6. The molecular formula is C47H35NO. The van der Waals surface area contributed by atoms with E-state index in [9.17, 15) is 0 Å². The van der Waals surface area contributed by atoms with Crippen molar-refractivity contribution in [3.8, 4) is 33.4 Å². The van der Waals surface area contributed by atoms with E-state index in [0.717, 1.165) is 34.8 Å². The second-order valence-electron chi connectivity index (χ2n) is 13.1. The van der Waals surface area contributed by atoms with Crippen molar-refractivity contribution < 1.29 is 4.42 Å². The van der Waals surface area contributed by atoms with Crippen LogP contribution in [0, 0.1) is 5.92 Å². The zero-order chi connectivity index (χ0) is 32.7. The van der Waals surface area contributed by atoms with E-state index in [2.05, 4.69) is 188 Å². The standard InChI is InChI=1S/C47H35NO/c1-32-17-28-45-44(29-32)47-43(15-8-16-46(47)49-45)39-14-7-13-37(30-39)36-20-25-41(26-21-36)48(42-27-22-34-11-5-6-12-38(34)31-42)40-23-18-35(19-24-40)33-9-3-2-4-10-33/h2-28,30-32H,29H2,1H3. The summed E-state index contributed by atoms with van der Waals surface area (Å²) in [6, 6.07) is 59.0. The van der Waals surface area contributed by atoms with E-state index in [0.29, 0.717) is 5.92 Å². The highest BCUT2D eigenvalue weighted by molar-refractivity contribution is 5.99.